The second-order valence-corrected chi connectivity index (χ2v) is 5.72. The molecular formula is C14H19NO3S. The highest BCUT2D eigenvalue weighted by Crippen LogP contribution is 2.38. The van der Waals surface area contributed by atoms with Crippen molar-refractivity contribution in [3.05, 3.63) is 0 Å². The lowest BCUT2D eigenvalue weighted by Gasteiger charge is -2.43. The molecule has 0 aromatic carbocycles. The molecule has 0 aromatic heterocycles. The lowest BCUT2D eigenvalue weighted by Crippen LogP contribution is -2.52. The van der Waals surface area contributed by atoms with Gasteiger partial charge in [-0.2, -0.15) is 5.26 Å². The normalized spacial score (nSPS) is 17.6. The molecule has 1 heterocycles. The van der Waals surface area contributed by atoms with Crippen LogP contribution in [0, 0.1) is 29.1 Å². The van der Waals surface area contributed by atoms with E-state index in [1.807, 2.05) is 6.92 Å². The van der Waals surface area contributed by atoms with E-state index in [4.69, 9.17) is 15.9 Å². The van der Waals surface area contributed by atoms with Gasteiger partial charge in [0.2, 0.25) is 0 Å². The number of nitrogens with zero attached hydrogens (tertiary/aromatic N) is 1. The van der Waals surface area contributed by atoms with Gasteiger partial charge in [-0.05, 0) is 6.42 Å². The lowest BCUT2D eigenvalue weighted by molar-refractivity contribution is -0.186. The number of esters is 1. The summed E-state index contributed by atoms with van der Waals surface area (Å²) in [5.74, 6) is 3.37. The van der Waals surface area contributed by atoms with E-state index in [0.29, 0.717) is 24.7 Å². The molecule has 0 bridgehead atoms. The van der Waals surface area contributed by atoms with Crippen LogP contribution in [0.1, 0.15) is 26.2 Å². The Morgan fingerprint density at radius 1 is 1.63 bits per heavy atom. The first-order valence-corrected chi connectivity index (χ1v) is 7.52. The Labute approximate surface area is 118 Å². The SMILES string of the molecule is C#CCSCCC(=O)OC(C#N)C1(CCC)COC1. The van der Waals surface area contributed by atoms with Crippen molar-refractivity contribution in [2.24, 2.45) is 5.41 Å². The van der Waals surface area contributed by atoms with Crippen molar-refractivity contribution in [1.29, 1.82) is 5.26 Å². The number of ether oxygens (including phenoxy) is 2. The quantitative estimate of drug-likeness (QED) is 0.387. The van der Waals surface area contributed by atoms with Crippen LogP contribution >= 0.6 is 11.8 Å². The molecule has 1 aliphatic rings. The summed E-state index contributed by atoms with van der Waals surface area (Å²) in [6, 6.07) is 2.10. The summed E-state index contributed by atoms with van der Waals surface area (Å²) in [7, 11) is 0. The summed E-state index contributed by atoms with van der Waals surface area (Å²) in [6.07, 6.45) is 6.48. The van der Waals surface area contributed by atoms with Gasteiger partial charge in [-0.25, -0.2) is 0 Å². The Kier molecular flexibility index (Phi) is 6.77. The Hall–Kier alpha value is -1.17. The van der Waals surface area contributed by atoms with Crippen LogP contribution in [0.15, 0.2) is 0 Å². The number of rotatable bonds is 8. The first kappa shape index (κ1) is 15.9. The highest BCUT2D eigenvalue weighted by Gasteiger charge is 2.47. The molecule has 1 atom stereocenters. The minimum Gasteiger partial charge on any atom is -0.446 e. The Balaban J connectivity index is 2.42. The Bertz CT molecular complexity index is 379. The van der Waals surface area contributed by atoms with Crippen LogP contribution in [0.25, 0.3) is 0 Å². The van der Waals surface area contributed by atoms with Gasteiger partial charge in [-0.15, -0.1) is 18.2 Å². The predicted molar refractivity (Wildman–Crippen MR) is 74.4 cm³/mol. The van der Waals surface area contributed by atoms with Gasteiger partial charge >= 0.3 is 5.97 Å². The second kappa shape index (κ2) is 8.09. The first-order valence-electron chi connectivity index (χ1n) is 6.36. The standard InChI is InChI=1S/C14H19NO3S/c1-3-6-14(10-17-11-14)12(9-15)18-13(16)5-8-19-7-4-2/h2,12H,3,5-8,10-11H2,1H3. The van der Waals surface area contributed by atoms with Crippen LogP contribution in [0.4, 0.5) is 0 Å². The third-order valence-electron chi connectivity index (χ3n) is 3.09. The summed E-state index contributed by atoms with van der Waals surface area (Å²) in [6.45, 7) is 3.04. The van der Waals surface area contributed by atoms with Gasteiger partial charge in [0, 0.05) is 5.75 Å². The first-order chi connectivity index (χ1) is 9.18. The van der Waals surface area contributed by atoms with Crippen molar-refractivity contribution in [3.8, 4) is 18.4 Å². The van der Waals surface area contributed by atoms with Gasteiger partial charge in [0.25, 0.3) is 0 Å². The number of terminal acetylenes is 1. The van der Waals surface area contributed by atoms with E-state index in [0.717, 1.165) is 12.8 Å². The van der Waals surface area contributed by atoms with Crippen molar-refractivity contribution in [1.82, 2.24) is 0 Å². The topological polar surface area (TPSA) is 59.3 Å². The van der Waals surface area contributed by atoms with Crippen molar-refractivity contribution < 1.29 is 14.3 Å². The monoisotopic (exact) mass is 281 g/mol. The summed E-state index contributed by atoms with van der Waals surface area (Å²) in [5.41, 5.74) is -0.300. The molecule has 0 N–H and O–H groups in total. The van der Waals surface area contributed by atoms with Gasteiger partial charge < -0.3 is 9.47 Å². The molecule has 1 saturated heterocycles. The van der Waals surface area contributed by atoms with E-state index in [1.54, 1.807) is 0 Å². The largest absolute Gasteiger partial charge is 0.446 e. The summed E-state index contributed by atoms with van der Waals surface area (Å²) in [5, 5.41) is 9.20. The molecule has 1 unspecified atom stereocenters. The molecule has 0 radical (unpaired) electrons. The lowest BCUT2D eigenvalue weighted by atomic mass is 9.76. The number of carbonyl (C=O) groups excluding carboxylic acids is 1. The zero-order valence-corrected chi connectivity index (χ0v) is 12.0. The van der Waals surface area contributed by atoms with Crippen LogP contribution in [0.5, 0.6) is 0 Å². The highest BCUT2D eigenvalue weighted by atomic mass is 32.2. The summed E-state index contributed by atoms with van der Waals surface area (Å²) >= 11 is 1.51. The zero-order chi connectivity index (χ0) is 14.1. The van der Waals surface area contributed by atoms with Gasteiger partial charge in [-0.3, -0.25) is 4.79 Å². The number of carbonyl (C=O) groups is 1. The van der Waals surface area contributed by atoms with Gasteiger partial charge in [0.1, 0.15) is 6.07 Å². The van der Waals surface area contributed by atoms with E-state index < -0.39 is 6.10 Å². The third kappa shape index (κ3) is 4.45. The molecule has 104 valence electrons. The molecule has 1 aliphatic heterocycles. The van der Waals surface area contributed by atoms with Crippen molar-refractivity contribution >= 4 is 17.7 Å². The van der Waals surface area contributed by atoms with Crippen LogP contribution in [-0.2, 0) is 14.3 Å². The van der Waals surface area contributed by atoms with Crippen molar-refractivity contribution in [2.75, 3.05) is 24.7 Å². The van der Waals surface area contributed by atoms with Gasteiger partial charge in [-0.1, -0.05) is 19.3 Å². The summed E-state index contributed by atoms with van der Waals surface area (Å²) < 4.78 is 10.5. The fraction of sp³-hybridized carbons (Fsp3) is 0.714. The fourth-order valence-electron chi connectivity index (χ4n) is 2.05. The van der Waals surface area contributed by atoms with Crippen LogP contribution < -0.4 is 0 Å². The highest BCUT2D eigenvalue weighted by molar-refractivity contribution is 7.99. The average molecular weight is 281 g/mol. The Morgan fingerprint density at radius 3 is 2.84 bits per heavy atom. The van der Waals surface area contributed by atoms with E-state index >= 15 is 0 Å². The second-order valence-electron chi connectivity index (χ2n) is 4.61. The molecule has 1 fully saturated rings. The van der Waals surface area contributed by atoms with Crippen molar-refractivity contribution in [2.45, 2.75) is 32.3 Å². The molecule has 0 amide bonds. The number of hydrogen-bond donors (Lipinski definition) is 0. The number of thioether (sulfide) groups is 1. The molecule has 0 aromatic rings. The smallest absolute Gasteiger partial charge is 0.307 e. The molecule has 4 nitrogen and oxygen atoms in total. The third-order valence-corrected chi connectivity index (χ3v) is 3.95. The van der Waals surface area contributed by atoms with Crippen LogP contribution in [0.2, 0.25) is 0 Å². The van der Waals surface area contributed by atoms with E-state index in [9.17, 15) is 10.1 Å². The van der Waals surface area contributed by atoms with Gasteiger partial charge in [0.05, 0.1) is 30.8 Å². The molecular weight excluding hydrogens is 262 g/mol. The van der Waals surface area contributed by atoms with Crippen LogP contribution in [0.3, 0.4) is 0 Å². The van der Waals surface area contributed by atoms with E-state index in [1.165, 1.54) is 11.8 Å². The van der Waals surface area contributed by atoms with Crippen LogP contribution in [-0.4, -0.2) is 36.8 Å². The van der Waals surface area contributed by atoms with E-state index in [2.05, 4.69) is 12.0 Å². The maximum atomic E-state index is 11.7. The van der Waals surface area contributed by atoms with Crippen molar-refractivity contribution in [3.63, 3.8) is 0 Å². The molecule has 5 heteroatoms. The maximum absolute atomic E-state index is 11.7. The number of nitriles is 1. The Morgan fingerprint density at radius 2 is 2.37 bits per heavy atom. The maximum Gasteiger partial charge on any atom is 0.307 e. The number of hydrogen-bond acceptors (Lipinski definition) is 5. The fourth-order valence-corrected chi connectivity index (χ4v) is 2.63. The minimum absolute atomic E-state index is 0.285. The molecule has 0 aliphatic carbocycles. The average Bonchev–Trinajstić information content (AvgIpc) is 2.36. The van der Waals surface area contributed by atoms with E-state index in [-0.39, 0.29) is 17.8 Å². The minimum atomic E-state index is -0.702. The summed E-state index contributed by atoms with van der Waals surface area (Å²) in [4.78, 5) is 11.7. The van der Waals surface area contributed by atoms with Gasteiger partial charge in [0.15, 0.2) is 6.10 Å². The molecule has 19 heavy (non-hydrogen) atoms. The predicted octanol–water partition coefficient (Wildman–Crippen LogP) is 1.99. The molecule has 1 rings (SSSR count). The molecule has 0 spiro atoms. The zero-order valence-electron chi connectivity index (χ0n) is 11.2. The molecule has 0 saturated carbocycles.